The van der Waals surface area contributed by atoms with E-state index < -0.39 is 0 Å². The second-order valence-corrected chi connectivity index (χ2v) is 5.16. The van der Waals surface area contributed by atoms with E-state index in [0.29, 0.717) is 17.0 Å². The van der Waals surface area contributed by atoms with E-state index >= 15 is 0 Å². The molecule has 0 radical (unpaired) electrons. The van der Waals surface area contributed by atoms with Crippen molar-refractivity contribution in [2.24, 2.45) is 12.8 Å². The van der Waals surface area contributed by atoms with Gasteiger partial charge < -0.3 is 5.73 Å². The summed E-state index contributed by atoms with van der Waals surface area (Å²) in [5.74, 6) is -0.325. The van der Waals surface area contributed by atoms with Gasteiger partial charge in [-0.1, -0.05) is 11.6 Å². The van der Waals surface area contributed by atoms with Crippen LogP contribution in [0.4, 0.5) is 4.39 Å². The van der Waals surface area contributed by atoms with E-state index in [-0.39, 0.29) is 11.9 Å². The van der Waals surface area contributed by atoms with Gasteiger partial charge in [0, 0.05) is 23.8 Å². The molecule has 5 heteroatoms. The first kappa shape index (κ1) is 14.0. The maximum absolute atomic E-state index is 13.3. The zero-order chi connectivity index (χ0) is 14.2. The van der Waals surface area contributed by atoms with E-state index in [1.165, 1.54) is 18.2 Å². The van der Waals surface area contributed by atoms with E-state index in [0.717, 1.165) is 17.0 Å². The number of nitrogens with zero attached hydrogens (tertiary/aromatic N) is 2. The molecule has 0 aliphatic rings. The van der Waals surface area contributed by atoms with Crippen LogP contribution < -0.4 is 5.73 Å². The van der Waals surface area contributed by atoms with Gasteiger partial charge in [0.2, 0.25) is 0 Å². The van der Waals surface area contributed by atoms with Crippen molar-refractivity contribution in [1.82, 2.24) is 9.78 Å². The highest BCUT2D eigenvalue weighted by Crippen LogP contribution is 2.26. The van der Waals surface area contributed by atoms with E-state index in [1.54, 1.807) is 0 Å². The second-order valence-electron chi connectivity index (χ2n) is 4.75. The highest BCUT2D eigenvalue weighted by atomic mass is 35.5. The quantitative estimate of drug-likeness (QED) is 0.940. The zero-order valence-electron chi connectivity index (χ0n) is 11.2. The van der Waals surface area contributed by atoms with Crippen LogP contribution in [0.1, 0.15) is 28.6 Å². The summed E-state index contributed by atoms with van der Waals surface area (Å²) in [6.45, 7) is 3.94. The summed E-state index contributed by atoms with van der Waals surface area (Å²) in [6.07, 6.45) is 0.592. The lowest BCUT2D eigenvalue weighted by Gasteiger charge is -2.14. The van der Waals surface area contributed by atoms with Gasteiger partial charge in [0.05, 0.1) is 5.69 Å². The number of hydrogen-bond acceptors (Lipinski definition) is 2. The van der Waals surface area contributed by atoms with Gasteiger partial charge in [-0.15, -0.1) is 0 Å². The van der Waals surface area contributed by atoms with E-state index in [2.05, 4.69) is 5.10 Å². The largest absolute Gasteiger partial charge is 0.324 e. The molecular formula is C14H17ClFN3. The Morgan fingerprint density at radius 2 is 2.11 bits per heavy atom. The fraction of sp³-hybridized carbons (Fsp3) is 0.357. The Hall–Kier alpha value is -1.39. The van der Waals surface area contributed by atoms with E-state index in [9.17, 15) is 4.39 Å². The average molecular weight is 282 g/mol. The van der Waals surface area contributed by atoms with Gasteiger partial charge in [0.1, 0.15) is 5.82 Å². The molecular weight excluding hydrogens is 265 g/mol. The second kappa shape index (κ2) is 5.31. The number of nitrogens with two attached hydrogens (primary N) is 1. The molecule has 3 nitrogen and oxygen atoms in total. The summed E-state index contributed by atoms with van der Waals surface area (Å²) in [7, 11) is 1.90. The molecule has 0 aliphatic carbocycles. The molecule has 0 amide bonds. The normalized spacial score (nSPS) is 12.7. The lowest BCUT2D eigenvalue weighted by atomic mass is 9.98. The molecule has 2 rings (SSSR count). The van der Waals surface area contributed by atoms with Crippen molar-refractivity contribution in [3.05, 3.63) is 51.6 Å². The molecule has 1 heterocycles. The summed E-state index contributed by atoms with van der Waals surface area (Å²) in [5, 5.41) is 4.84. The van der Waals surface area contributed by atoms with Crippen molar-refractivity contribution in [1.29, 1.82) is 0 Å². The third-order valence-electron chi connectivity index (χ3n) is 3.44. The maximum atomic E-state index is 13.3. The van der Waals surface area contributed by atoms with E-state index in [4.69, 9.17) is 17.3 Å². The van der Waals surface area contributed by atoms with Gasteiger partial charge in [-0.05, 0) is 49.6 Å². The number of halogens is 2. The Morgan fingerprint density at radius 1 is 1.42 bits per heavy atom. The molecule has 102 valence electrons. The molecule has 1 atom stereocenters. The standard InChI is InChI=1S/C14H17ClFN3/c1-8-11(9(2)19(3)18-8)7-14(17)12-6-10(16)4-5-13(12)15/h4-6,14H,7,17H2,1-3H3. The molecule has 1 aromatic heterocycles. The monoisotopic (exact) mass is 281 g/mol. The van der Waals surface area contributed by atoms with Gasteiger partial charge in [0.25, 0.3) is 0 Å². The van der Waals surface area contributed by atoms with Crippen LogP contribution in [0.15, 0.2) is 18.2 Å². The first-order valence-electron chi connectivity index (χ1n) is 6.09. The first-order valence-corrected chi connectivity index (χ1v) is 6.47. The molecule has 19 heavy (non-hydrogen) atoms. The van der Waals surface area contributed by atoms with Crippen molar-refractivity contribution >= 4 is 11.6 Å². The van der Waals surface area contributed by atoms with Crippen molar-refractivity contribution in [3.8, 4) is 0 Å². The van der Waals surface area contributed by atoms with Crippen LogP contribution >= 0.6 is 11.6 Å². The van der Waals surface area contributed by atoms with Crippen molar-refractivity contribution < 1.29 is 4.39 Å². The fourth-order valence-electron chi connectivity index (χ4n) is 2.24. The topological polar surface area (TPSA) is 43.8 Å². The molecule has 0 bridgehead atoms. The first-order chi connectivity index (χ1) is 8.90. The van der Waals surface area contributed by atoms with Crippen LogP contribution in [0.2, 0.25) is 5.02 Å². The predicted octanol–water partition coefficient (Wildman–Crippen LogP) is 3.07. The van der Waals surface area contributed by atoms with Gasteiger partial charge in [-0.3, -0.25) is 4.68 Å². The summed E-state index contributed by atoms with van der Waals surface area (Å²) in [6, 6.07) is 3.92. The molecule has 0 spiro atoms. The lowest BCUT2D eigenvalue weighted by molar-refractivity contribution is 0.618. The number of aromatic nitrogens is 2. The molecule has 0 fully saturated rings. The van der Waals surface area contributed by atoms with Gasteiger partial charge >= 0.3 is 0 Å². The maximum Gasteiger partial charge on any atom is 0.123 e. The fourth-order valence-corrected chi connectivity index (χ4v) is 2.50. The van der Waals surface area contributed by atoms with Crippen molar-refractivity contribution in [2.75, 3.05) is 0 Å². The average Bonchev–Trinajstić information content (AvgIpc) is 2.59. The Balaban J connectivity index is 2.30. The minimum absolute atomic E-state index is 0.325. The minimum Gasteiger partial charge on any atom is -0.324 e. The Labute approximate surface area is 117 Å². The molecule has 1 unspecified atom stereocenters. The predicted molar refractivity (Wildman–Crippen MR) is 74.7 cm³/mol. The van der Waals surface area contributed by atoms with E-state index in [1.807, 2.05) is 25.6 Å². The van der Waals surface area contributed by atoms with Gasteiger partial charge in [-0.25, -0.2) is 4.39 Å². The zero-order valence-corrected chi connectivity index (χ0v) is 12.0. The SMILES string of the molecule is Cc1nn(C)c(C)c1CC(N)c1cc(F)ccc1Cl. The Bertz CT molecular complexity index is 607. The summed E-state index contributed by atoms with van der Waals surface area (Å²) in [4.78, 5) is 0. The van der Waals surface area contributed by atoms with Crippen LogP contribution in [0.5, 0.6) is 0 Å². The van der Waals surface area contributed by atoms with Crippen molar-refractivity contribution in [3.63, 3.8) is 0 Å². The third-order valence-corrected chi connectivity index (χ3v) is 3.78. The van der Waals surface area contributed by atoms with Crippen LogP contribution in [-0.4, -0.2) is 9.78 Å². The van der Waals surface area contributed by atoms with Crippen LogP contribution in [-0.2, 0) is 13.5 Å². The number of aryl methyl sites for hydroxylation is 2. The summed E-state index contributed by atoms with van der Waals surface area (Å²) in [5.41, 5.74) is 9.89. The highest BCUT2D eigenvalue weighted by Gasteiger charge is 2.17. The summed E-state index contributed by atoms with van der Waals surface area (Å²) >= 11 is 6.07. The molecule has 2 N–H and O–H groups in total. The molecule has 1 aromatic carbocycles. The van der Waals surface area contributed by atoms with Gasteiger partial charge in [-0.2, -0.15) is 5.10 Å². The molecule has 2 aromatic rings. The number of hydrogen-bond donors (Lipinski definition) is 1. The van der Waals surface area contributed by atoms with Crippen LogP contribution in [0.3, 0.4) is 0 Å². The molecule has 0 saturated heterocycles. The third kappa shape index (κ3) is 2.80. The molecule has 0 saturated carbocycles. The Kier molecular flexibility index (Phi) is 3.92. The Morgan fingerprint density at radius 3 is 2.68 bits per heavy atom. The number of rotatable bonds is 3. The van der Waals surface area contributed by atoms with Gasteiger partial charge in [0.15, 0.2) is 0 Å². The number of benzene rings is 1. The van der Waals surface area contributed by atoms with Crippen molar-refractivity contribution in [2.45, 2.75) is 26.3 Å². The highest BCUT2D eigenvalue weighted by molar-refractivity contribution is 6.31. The smallest absolute Gasteiger partial charge is 0.123 e. The minimum atomic E-state index is -0.343. The van der Waals surface area contributed by atoms with Crippen LogP contribution in [0, 0.1) is 19.7 Å². The molecule has 0 aliphatic heterocycles. The lowest BCUT2D eigenvalue weighted by Crippen LogP contribution is -2.15. The van der Waals surface area contributed by atoms with Crippen LogP contribution in [0.25, 0.3) is 0 Å². The summed E-state index contributed by atoms with van der Waals surface area (Å²) < 4.78 is 15.1.